The fourth-order valence-electron chi connectivity index (χ4n) is 13.0. The van der Waals surface area contributed by atoms with Gasteiger partial charge in [0.15, 0.2) is 0 Å². The van der Waals surface area contributed by atoms with Gasteiger partial charge >= 0.3 is 0 Å². The molecular weight excluding hydrogens is 937 g/mol. The second-order valence-electron chi connectivity index (χ2n) is 20.0. The molecule has 76 heavy (non-hydrogen) atoms. The maximum Gasteiger partial charge on any atom is 0.0725 e. The molecule has 2 heterocycles. The highest BCUT2D eigenvalue weighted by atomic mass is 32.1. The van der Waals surface area contributed by atoms with Crippen molar-refractivity contribution in [2.24, 2.45) is 0 Å². The summed E-state index contributed by atoms with van der Waals surface area (Å²) in [4.78, 5) is 2.50. The third-order valence-electron chi connectivity index (χ3n) is 16.1. The molecule has 2 aromatic heterocycles. The number of nitrogens with zero attached hydrogens (tertiary/aromatic N) is 2. The third kappa shape index (κ3) is 6.52. The van der Waals surface area contributed by atoms with Gasteiger partial charge in [0, 0.05) is 53.7 Å². The maximum absolute atomic E-state index is 2.50. The Morgan fingerprint density at radius 2 is 0.855 bits per heavy atom. The average Bonchev–Trinajstić information content (AvgIpc) is 4.41. The molecular formula is C73H50N2S. The molecule has 0 amide bonds. The van der Waals surface area contributed by atoms with Crippen LogP contribution in [-0.2, 0) is 5.41 Å². The number of aromatic nitrogens is 1. The topological polar surface area (TPSA) is 8.17 Å². The van der Waals surface area contributed by atoms with E-state index in [0.717, 1.165) is 39.4 Å². The van der Waals surface area contributed by atoms with Gasteiger partial charge in [0.2, 0.25) is 0 Å². The van der Waals surface area contributed by atoms with Crippen LogP contribution in [0.4, 0.5) is 17.1 Å². The van der Waals surface area contributed by atoms with E-state index in [2.05, 4.69) is 276 Å². The summed E-state index contributed by atoms with van der Waals surface area (Å²) in [6.07, 6.45) is 0. The number of benzene rings is 12. The Morgan fingerprint density at radius 1 is 0.316 bits per heavy atom. The predicted molar refractivity (Wildman–Crippen MR) is 324 cm³/mol. The van der Waals surface area contributed by atoms with Gasteiger partial charge in [-0.1, -0.05) is 196 Å². The molecule has 0 fully saturated rings. The molecule has 0 aliphatic heterocycles. The minimum atomic E-state index is -0.427. The number of rotatable bonds is 6. The van der Waals surface area contributed by atoms with Crippen LogP contribution in [0.2, 0.25) is 0 Å². The zero-order chi connectivity index (χ0) is 50.5. The van der Waals surface area contributed by atoms with E-state index in [1.54, 1.807) is 0 Å². The Morgan fingerprint density at radius 3 is 1.61 bits per heavy atom. The molecule has 0 bridgehead atoms. The van der Waals surface area contributed by atoms with Crippen LogP contribution in [0.3, 0.4) is 0 Å². The second kappa shape index (κ2) is 17.4. The monoisotopic (exact) mass is 986 g/mol. The molecule has 0 saturated heterocycles. The zero-order valence-corrected chi connectivity index (χ0v) is 43.0. The molecule has 1 spiro atoms. The second-order valence-corrected chi connectivity index (χ2v) is 21.1. The summed E-state index contributed by atoms with van der Waals surface area (Å²) in [6.45, 7) is 4.00. The van der Waals surface area contributed by atoms with Crippen LogP contribution >= 0.6 is 11.3 Å². The van der Waals surface area contributed by atoms with Crippen LogP contribution in [0.1, 0.15) is 36.1 Å². The Kier molecular flexibility index (Phi) is 10.1. The summed E-state index contributed by atoms with van der Waals surface area (Å²) in [5.41, 5.74) is 21.6. The van der Waals surface area contributed by atoms with Gasteiger partial charge in [0.1, 0.15) is 0 Å². The number of hydrogen-bond donors (Lipinski definition) is 0. The summed E-state index contributed by atoms with van der Waals surface area (Å²) in [5, 5.41) is 7.48. The minimum Gasteiger partial charge on any atom is -0.310 e. The lowest BCUT2D eigenvalue weighted by atomic mass is 9.70. The average molecular weight is 987 g/mol. The standard InChI is InChI=1S/C71H44N2S.C2H6/c1-2-18-51(19-3-1)73-67-28-14-9-23-58(67)59-35-31-48(43-68(59)73)50-38-49(47-32-37-70-62(42-47)60-24-10-15-29-69(60)74-70)40-54(41-50)72(52-33-30-45-16-4-5-17-46(45)39-52)53-34-36-66-61(44-53)57-22-8-13-27-65(57)71(66)63-25-11-6-20-55(63)56-21-7-12-26-64(56)71;1-2/h1-44H;1-2H3. The van der Waals surface area contributed by atoms with Gasteiger partial charge in [-0.25, -0.2) is 0 Å². The van der Waals surface area contributed by atoms with Crippen molar-refractivity contribution in [1.29, 1.82) is 0 Å². The van der Waals surface area contributed by atoms with E-state index in [1.807, 2.05) is 25.2 Å². The van der Waals surface area contributed by atoms with Crippen molar-refractivity contribution >= 4 is 81.1 Å². The molecule has 14 aromatic rings. The van der Waals surface area contributed by atoms with Crippen molar-refractivity contribution in [2.45, 2.75) is 19.3 Å². The first kappa shape index (κ1) is 44.2. The summed E-state index contributed by atoms with van der Waals surface area (Å²) in [5.74, 6) is 0. The molecule has 3 heteroatoms. The fourth-order valence-corrected chi connectivity index (χ4v) is 14.1. The molecule has 0 unspecified atom stereocenters. The van der Waals surface area contributed by atoms with Gasteiger partial charge in [-0.3, -0.25) is 0 Å². The molecule has 358 valence electrons. The smallest absolute Gasteiger partial charge is 0.0725 e. The summed E-state index contributed by atoms with van der Waals surface area (Å²) in [7, 11) is 0. The van der Waals surface area contributed by atoms with Crippen molar-refractivity contribution in [3.8, 4) is 50.2 Å². The van der Waals surface area contributed by atoms with Crippen molar-refractivity contribution in [2.75, 3.05) is 4.90 Å². The fraction of sp³-hybridized carbons (Fsp3) is 0.0411. The molecule has 2 nitrogen and oxygen atoms in total. The lowest BCUT2D eigenvalue weighted by Gasteiger charge is -2.31. The first-order valence-electron chi connectivity index (χ1n) is 26.6. The van der Waals surface area contributed by atoms with Crippen LogP contribution in [0.25, 0.3) is 103 Å². The molecule has 2 aliphatic rings. The Hall–Kier alpha value is -9.28. The number of anilines is 3. The highest BCUT2D eigenvalue weighted by Gasteiger charge is 2.51. The van der Waals surface area contributed by atoms with Crippen LogP contribution in [-0.4, -0.2) is 4.57 Å². The Balaban J connectivity index is 0.00000250. The van der Waals surface area contributed by atoms with E-state index in [9.17, 15) is 0 Å². The van der Waals surface area contributed by atoms with Gasteiger partial charge < -0.3 is 9.47 Å². The molecule has 0 saturated carbocycles. The van der Waals surface area contributed by atoms with Gasteiger partial charge in [-0.15, -0.1) is 11.3 Å². The van der Waals surface area contributed by atoms with Crippen LogP contribution in [0, 0.1) is 0 Å². The van der Waals surface area contributed by atoms with Gasteiger partial charge in [-0.05, 0) is 162 Å². The van der Waals surface area contributed by atoms with Gasteiger partial charge in [0.05, 0.1) is 16.4 Å². The molecule has 0 atom stereocenters. The number of para-hydroxylation sites is 2. The van der Waals surface area contributed by atoms with Crippen LogP contribution in [0.15, 0.2) is 267 Å². The van der Waals surface area contributed by atoms with Gasteiger partial charge in [0.25, 0.3) is 0 Å². The van der Waals surface area contributed by atoms with E-state index in [4.69, 9.17) is 0 Å². The molecule has 0 radical (unpaired) electrons. The first-order valence-corrected chi connectivity index (χ1v) is 27.4. The summed E-state index contributed by atoms with van der Waals surface area (Å²) in [6, 6.07) is 100.0. The highest BCUT2D eigenvalue weighted by molar-refractivity contribution is 7.25. The van der Waals surface area contributed by atoms with E-state index in [0.29, 0.717) is 0 Å². The third-order valence-corrected chi connectivity index (χ3v) is 17.3. The van der Waals surface area contributed by atoms with E-state index in [1.165, 1.54) is 103 Å². The minimum absolute atomic E-state index is 0.427. The molecule has 0 N–H and O–H groups in total. The van der Waals surface area contributed by atoms with Crippen molar-refractivity contribution in [3.63, 3.8) is 0 Å². The molecule has 2 aliphatic carbocycles. The lowest BCUT2D eigenvalue weighted by Crippen LogP contribution is -2.25. The number of fused-ring (bicyclic) bond motifs is 17. The van der Waals surface area contributed by atoms with E-state index >= 15 is 0 Å². The van der Waals surface area contributed by atoms with E-state index < -0.39 is 5.41 Å². The maximum atomic E-state index is 2.50. The Bertz CT molecular complexity index is 4590. The van der Waals surface area contributed by atoms with Crippen LogP contribution in [0.5, 0.6) is 0 Å². The quantitative estimate of drug-likeness (QED) is 0.161. The largest absolute Gasteiger partial charge is 0.310 e. The van der Waals surface area contributed by atoms with Crippen LogP contribution < -0.4 is 4.90 Å². The van der Waals surface area contributed by atoms with Gasteiger partial charge in [-0.2, -0.15) is 0 Å². The van der Waals surface area contributed by atoms with Crippen molar-refractivity contribution in [3.05, 3.63) is 289 Å². The lowest BCUT2D eigenvalue weighted by molar-refractivity contribution is 0.794. The molecule has 16 rings (SSSR count). The number of thiophene rings is 1. The van der Waals surface area contributed by atoms with Crippen molar-refractivity contribution < 1.29 is 0 Å². The van der Waals surface area contributed by atoms with Crippen molar-refractivity contribution in [1.82, 2.24) is 4.57 Å². The Labute approximate surface area is 446 Å². The van der Waals surface area contributed by atoms with E-state index in [-0.39, 0.29) is 0 Å². The summed E-state index contributed by atoms with van der Waals surface area (Å²) < 4.78 is 5.03. The predicted octanol–water partition coefficient (Wildman–Crippen LogP) is 20.5. The molecule has 12 aromatic carbocycles. The highest BCUT2D eigenvalue weighted by Crippen LogP contribution is 2.63. The zero-order valence-electron chi connectivity index (χ0n) is 42.2. The first-order chi connectivity index (χ1) is 37.7. The summed E-state index contributed by atoms with van der Waals surface area (Å²) >= 11 is 1.86. The SMILES string of the molecule is CC.c1ccc(-n2c3ccccc3c3ccc(-c4cc(-c5ccc6sc7ccccc7c6c5)cc(N(c5ccc6c(c5)-c5ccccc5C65c6ccccc6-c6ccccc65)c5ccc6ccccc6c5)c4)cc32)cc1. The number of hydrogen-bond acceptors (Lipinski definition) is 2. The normalized spacial score (nSPS) is 12.7.